The van der Waals surface area contributed by atoms with E-state index in [0.717, 1.165) is 24.6 Å². The summed E-state index contributed by atoms with van der Waals surface area (Å²) in [6.07, 6.45) is 6.96. The van der Waals surface area contributed by atoms with E-state index in [1.165, 1.54) is 6.08 Å². The van der Waals surface area contributed by atoms with Crippen LogP contribution in [0.5, 0.6) is 0 Å². The van der Waals surface area contributed by atoms with Gasteiger partial charge >= 0.3 is 0 Å². The molecule has 5 heteroatoms. The molecule has 1 heterocycles. The molecule has 0 radical (unpaired) electrons. The molecule has 0 aromatic rings. The molecule has 4 nitrogen and oxygen atoms in total. The lowest BCUT2D eigenvalue weighted by Crippen LogP contribution is -2.55. The molecule has 1 fully saturated rings. The number of nitrogens with zero attached hydrogens (tertiary/aromatic N) is 1. The van der Waals surface area contributed by atoms with E-state index in [2.05, 4.69) is 24.1 Å². The second-order valence-corrected chi connectivity index (χ2v) is 6.95. The van der Waals surface area contributed by atoms with Crippen LogP contribution in [-0.2, 0) is 15.6 Å². The maximum atomic E-state index is 11.6. The lowest BCUT2D eigenvalue weighted by atomic mass is 10.0. The van der Waals surface area contributed by atoms with E-state index in [4.69, 9.17) is 0 Å². The van der Waals surface area contributed by atoms with Crippen molar-refractivity contribution in [2.75, 3.05) is 31.1 Å². The molecule has 1 aliphatic heterocycles. The second kappa shape index (κ2) is 7.60. The fourth-order valence-corrected chi connectivity index (χ4v) is 3.02. The zero-order chi connectivity index (χ0) is 14.3. The van der Waals surface area contributed by atoms with Crippen LogP contribution in [0.15, 0.2) is 24.3 Å². The highest BCUT2D eigenvalue weighted by Gasteiger charge is 2.29. The maximum absolute atomic E-state index is 11.6. The third-order valence-corrected chi connectivity index (χ3v) is 4.56. The number of hydrogen-bond acceptors (Lipinski definition) is 3. The minimum atomic E-state index is -0.662. The van der Waals surface area contributed by atoms with Crippen LogP contribution < -0.4 is 5.32 Å². The summed E-state index contributed by atoms with van der Waals surface area (Å²) >= 11 is 0. The van der Waals surface area contributed by atoms with Crippen molar-refractivity contribution in [2.45, 2.75) is 26.3 Å². The van der Waals surface area contributed by atoms with Crippen LogP contribution in [0.1, 0.15) is 20.8 Å². The molecular weight excluding hydrogens is 260 g/mol. The van der Waals surface area contributed by atoms with Crippen LogP contribution in [0.25, 0.3) is 0 Å². The predicted octanol–water partition coefficient (Wildman–Crippen LogP) is 1.08. The number of carbonyl (C=O) groups excluding carboxylic acids is 1. The Morgan fingerprint density at radius 1 is 1.32 bits per heavy atom. The number of hydrogen-bond donors (Lipinski definition) is 1. The van der Waals surface area contributed by atoms with Gasteiger partial charge in [0.25, 0.3) is 0 Å². The topological polar surface area (TPSA) is 49.4 Å². The van der Waals surface area contributed by atoms with Crippen LogP contribution in [0.2, 0.25) is 0 Å². The van der Waals surface area contributed by atoms with Gasteiger partial charge in [-0.25, -0.2) is 0 Å². The largest absolute Gasteiger partial charge is 0.351 e. The van der Waals surface area contributed by atoms with Crippen molar-refractivity contribution in [1.29, 1.82) is 0 Å². The first-order chi connectivity index (χ1) is 8.95. The molecule has 0 spiro atoms. The molecular formula is C14H24N2O2S. The molecule has 1 rings (SSSR count). The highest BCUT2D eigenvalue weighted by atomic mass is 32.2. The van der Waals surface area contributed by atoms with Crippen LogP contribution in [0.3, 0.4) is 0 Å². The van der Waals surface area contributed by atoms with E-state index in [-0.39, 0.29) is 11.4 Å². The molecule has 19 heavy (non-hydrogen) atoms. The van der Waals surface area contributed by atoms with E-state index in [0.29, 0.717) is 6.54 Å². The average molecular weight is 284 g/mol. The highest BCUT2D eigenvalue weighted by molar-refractivity contribution is 7.85. The number of amides is 1. The van der Waals surface area contributed by atoms with Crippen LogP contribution in [0.4, 0.5) is 0 Å². The van der Waals surface area contributed by atoms with Gasteiger partial charge in [0.1, 0.15) is 0 Å². The SMILES string of the molecule is C/C=C/C=C/C(=O)NCC(C)(C)N1CCS(=O)CC1. The van der Waals surface area contributed by atoms with E-state index in [1.54, 1.807) is 6.08 Å². The van der Waals surface area contributed by atoms with Gasteiger partial charge in [0.15, 0.2) is 0 Å². The number of carbonyl (C=O) groups is 1. The zero-order valence-electron chi connectivity index (χ0n) is 12.0. The smallest absolute Gasteiger partial charge is 0.244 e. The Hall–Kier alpha value is -0.940. The van der Waals surface area contributed by atoms with Gasteiger partial charge in [-0.2, -0.15) is 0 Å². The van der Waals surface area contributed by atoms with E-state index < -0.39 is 10.8 Å². The Morgan fingerprint density at radius 3 is 2.53 bits per heavy atom. The standard InChI is InChI=1S/C14H24N2O2S/c1-4-5-6-7-13(17)15-12-14(2,3)16-8-10-19(18)11-9-16/h4-7H,8-12H2,1-3H3,(H,15,17)/b5-4+,7-6+. The van der Waals surface area contributed by atoms with Gasteiger partial charge in [-0.1, -0.05) is 18.2 Å². The molecule has 1 N–H and O–H groups in total. The molecule has 1 aliphatic rings. The number of nitrogens with one attached hydrogen (secondary N) is 1. The van der Waals surface area contributed by atoms with Crippen molar-refractivity contribution in [3.8, 4) is 0 Å². The molecule has 0 unspecified atom stereocenters. The van der Waals surface area contributed by atoms with Crippen molar-refractivity contribution in [2.24, 2.45) is 0 Å². The summed E-state index contributed by atoms with van der Waals surface area (Å²) in [4.78, 5) is 13.9. The zero-order valence-corrected chi connectivity index (χ0v) is 12.8. The average Bonchev–Trinajstić information content (AvgIpc) is 2.37. The molecule has 0 saturated carbocycles. The Balaban J connectivity index is 2.41. The van der Waals surface area contributed by atoms with Gasteiger partial charge in [-0.05, 0) is 20.8 Å². The van der Waals surface area contributed by atoms with Gasteiger partial charge in [-0.15, -0.1) is 0 Å². The second-order valence-electron chi connectivity index (χ2n) is 5.25. The Morgan fingerprint density at radius 2 is 1.95 bits per heavy atom. The molecule has 0 atom stereocenters. The lowest BCUT2D eigenvalue weighted by molar-refractivity contribution is -0.117. The van der Waals surface area contributed by atoms with Crippen molar-refractivity contribution in [3.05, 3.63) is 24.3 Å². The molecule has 1 saturated heterocycles. The number of rotatable bonds is 5. The van der Waals surface area contributed by atoms with Crippen molar-refractivity contribution in [1.82, 2.24) is 10.2 Å². The Bertz CT molecular complexity index is 379. The summed E-state index contributed by atoms with van der Waals surface area (Å²) in [7, 11) is -0.662. The van der Waals surface area contributed by atoms with Crippen molar-refractivity contribution >= 4 is 16.7 Å². The quantitative estimate of drug-likeness (QED) is 0.607. The molecule has 0 aromatic carbocycles. The van der Waals surface area contributed by atoms with Crippen molar-refractivity contribution in [3.63, 3.8) is 0 Å². The van der Waals surface area contributed by atoms with Crippen LogP contribution in [0, 0.1) is 0 Å². The van der Waals surface area contributed by atoms with Gasteiger partial charge in [0.2, 0.25) is 5.91 Å². The minimum Gasteiger partial charge on any atom is -0.351 e. The first kappa shape index (κ1) is 16.1. The third kappa shape index (κ3) is 5.70. The fourth-order valence-electron chi connectivity index (χ4n) is 1.97. The normalized spacial score (nSPS) is 19.3. The molecule has 0 bridgehead atoms. The number of allylic oxidation sites excluding steroid dienone is 3. The molecule has 0 aliphatic carbocycles. The van der Waals surface area contributed by atoms with E-state index in [1.807, 2.05) is 19.1 Å². The van der Waals surface area contributed by atoms with Crippen molar-refractivity contribution < 1.29 is 9.00 Å². The summed E-state index contributed by atoms with van der Waals surface area (Å²) in [5, 5.41) is 2.91. The first-order valence-corrected chi connectivity index (χ1v) is 8.12. The predicted molar refractivity (Wildman–Crippen MR) is 80.5 cm³/mol. The summed E-state index contributed by atoms with van der Waals surface area (Å²) < 4.78 is 11.3. The van der Waals surface area contributed by atoms with Gasteiger partial charge < -0.3 is 5.32 Å². The first-order valence-electron chi connectivity index (χ1n) is 6.63. The molecule has 1 amide bonds. The van der Waals surface area contributed by atoms with Gasteiger partial charge in [0, 0.05) is 53.6 Å². The summed E-state index contributed by atoms with van der Waals surface area (Å²) in [6.45, 7) is 8.40. The van der Waals surface area contributed by atoms with Gasteiger partial charge in [-0.3, -0.25) is 13.9 Å². The van der Waals surface area contributed by atoms with Gasteiger partial charge in [0.05, 0.1) is 0 Å². The Labute approximate surface area is 118 Å². The third-order valence-electron chi connectivity index (χ3n) is 3.28. The Kier molecular flexibility index (Phi) is 6.45. The maximum Gasteiger partial charge on any atom is 0.244 e. The van der Waals surface area contributed by atoms with E-state index in [9.17, 15) is 9.00 Å². The van der Waals surface area contributed by atoms with Crippen LogP contribution in [-0.4, -0.2) is 51.7 Å². The molecule has 108 valence electrons. The lowest BCUT2D eigenvalue weighted by Gasteiger charge is -2.40. The molecule has 0 aromatic heterocycles. The summed E-state index contributed by atoms with van der Waals surface area (Å²) in [5.41, 5.74) is -0.102. The summed E-state index contributed by atoms with van der Waals surface area (Å²) in [5.74, 6) is 1.39. The summed E-state index contributed by atoms with van der Waals surface area (Å²) in [6, 6.07) is 0. The monoisotopic (exact) mass is 284 g/mol. The van der Waals surface area contributed by atoms with E-state index >= 15 is 0 Å². The fraction of sp³-hybridized carbons (Fsp3) is 0.643. The van der Waals surface area contributed by atoms with Crippen LogP contribution >= 0.6 is 0 Å². The minimum absolute atomic E-state index is 0.0771. The highest BCUT2D eigenvalue weighted by Crippen LogP contribution is 2.15.